The Kier molecular flexibility index (Phi) is 6.84. The summed E-state index contributed by atoms with van der Waals surface area (Å²) in [5.74, 6) is 0.296. The maximum absolute atomic E-state index is 12.9. The minimum atomic E-state index is -0.314. The molecular weight excluding hydrogens is 432 g/mol. The number of carbonyl (C=O) groups excluding carboxylic acids is 2. The monoisotopic (exact) mass is 458 g/mol. The van der Waals surface area contributed by atoms with Crippen molar-refractivity contribution in [3.05, 3.63) is 40.8 Å². The van der Waals surface area contributed by atoms with E-state index in [1.54, 1.807) is 12.1 Å². The van der Waals surface area contributed by atoms with Gasteiger partial charge in [-0.2, -0.15) is 4.98 Å². The average molecular weight is 459 g/mol. The van der Waals surface area contributed by atoms with E-state index < -0.39 is 0 Å². The Morgan fingerprint density at radius 3 is 3.00 bits per heavy atom. The molecule has 2 N–H and O–H groups in total. The predicted octanol–water partition coefficient (Wildman–Crippen LogP) is 1.50. The van der Waals surface area contributed by atoms with Gasteiger partial charge in [0.1, 0.15) is 23.3 Å². The molecule has 0 radical (unpaired) electrons. The van der Waals surface area contributed by atoms with E-state index in [0.717, 1.165) is 25.8 Å². The van der Waals surface area contributed by atoms with E-state index >= 15 is 0 Å². The van der Waals surface area contributed by atoms with Crippen LogP contribution in [0.4, 0.5) is 5.13 Å². The van der Waals surface area contributed by atoms with Gasteiger partial charge >= 0.3 is 0 Å². The summed E-state index contributed by atoms with van der Waals surface area (Å²) < 4.78 is 6.86. The maximum Gasteiger partial charge on any atom is 0.273 e. The molecular formula is C21H26N6O4S. The van der Waals surface area contributed by atoms with Gasteiger partial charge in [-0.15, -0.1) is 0 Å². The van der Waals surface area contributed by atoms with Crippen LogP contribution in [-0.4, -0.2) is 46.0 Å². The summed E-state index contributed by atoms with van der Waals surface area (Å²) in [6.45, 7) is 4.16. The molecule has 0 unspecified atom stereocenters. The molecule has 1 saturated heterocycles. The Hall–Kier alpha value is -3.21. The molecule has 32 heavy (non-hydrogen) atoms. The van der Waals surface area contributed by atoms with Crippen molar-refractivity contribution in [2.24, 2.45) is 5.92 Å². The van der Waals surface area contributed by atoms with Crippen molar-refractivity contribution in [3.8, 4) is 0 Å². The third-order valence-corrected chi connectivity index (χ3v) is 6.43. The number of nitrogens with zero attached hydrogens (tertiary/aromatic N) is 4. The number of anilines is 1. The van der Waals surface area contributed by atoms with Crippen molar-refractivity contribution < 1.29 is 14.0 Å². The Morgan fingerprint density at radius 1 is 1.34 bits per heavy atom. The number of rotatable bonds is 8. The van der Waals surface area contributed by atoms with Crippen LogP contribution in [0.15, 0.2) is 33.9 Å². The van der Waals surface area contributed by atoms with E-state index in [2.05, 4.69) is 20.6 Å². The van der Waals surface area contributed by atoms with E-state index in [1.807, 2.05) is 11.8 Å². The summed E-state index contributed by atoms with van der Waals surface area (Å²) in [7, 11) is 0. The second-order valence-electron chi connectivity index (χ2n) is 7.76. The number of carbonyl (C=O) groups is 2. The lowest BCUT2D eigenvalue weighted by atomic mass is 9.97. The van der Waals surface area contributed by atoms with Crippen LogP contribution in [0.25, 0.3) is 10.3 Å². The first-order valence-electron chi connectivity index (χ1n) is 10.7. The van der Waals surface area contributed by atoms with Crippen molar-refractivity contribution in [2.45, 2.75) is 39.3 Å². The first kappa shape index (κ1) is 22.0. The van der Waals surface area contributed by atoms with Gasteiger partial charge in [0.2, 0.25) is 11.8 Å². The number of fused-ring (bicyclic) bond motifs is 1. The molecule has 2 amide bonds. The molecule has 170 valence electrons. The number of aromatic nitrogens is 3. The van der Waals surface area contributed by atoms with Gasteiger partial charge in [-0.1, -0.05) is 18.3 Å². The molecule has 3 aromatic rings. The standard InChI is InChI=1S/C21H26N6O4S/c1-2-7-22-19(29)14-5-3-8-26(11-14)21-25-18-17(32-21)20(30)27(13-24-18)12-16(28)23-10-15-6-4-9-31-15/h4,6,9,13-14H,2-3,5,7-8,10-12H2,1H3,(H,22,29)(H,23,28)/t14-/m1/s1. The average Bonchev–Trinajstić information content (AvgIpc) is 3.48. The molecule has 4 heterocycles. The Morgan fingerprint density at radius 2 is 2.22 bits per heavy atom. The molecule has 11 heteroatoms. The minimum absolute atomic E-state index is 0.0682. The molecule has 0 bridgehead atoms. The number of nitrogens with one attached hydrogen (secondary N) is 2. The van der Waals surface area contributed by atoms with E-state index in [4.69, 9.17) is 4.42 Å². The highest BCUT2D eigenvalue weighted by Crippen LogP contribution is 2.29. The van der Waals surface area contributed by atoms with Crippen LogP contribution in [0.3, 0.4) is 0 Å². The van der Waals surface area contributed by atoms with Crippen LogP contribution in [-0.2, 0) is 22.7 Å². The maximum atomic E-state index is 12.9. The Balaban J connectivity index is 1.45. The summed E-state index contributed by atoms with van der Waals surface area (Å²) >= 11 is 1.26. The predicted molar refractivity (Wildman–Crippen MR) is 120 cm³/mol. The molecule has 1 fully saturated rings. The zero-order valence-electron chi connectivity index (χ0n) is 17.9. The minimum Gasteiger partial charge on any atom is -0.467 e. The molecule has 0 aromatic carbocycles. The Labute approximate surface area is 188 Å². The number of hydrogen-bond acceptors (Lipinski definition) is 8. The highest BCUT2D eigenvalue weighted by atomic mass is 32.1. The first-order valence-corrected chi connectivity index (χ1v) is 11.5. The Bertz CT molecular complexity index is 1140. The molecule has 1 aliphatic heterocycles. The first-order chi connectivity index (χ1) is 15.5. The lowest BCUT2D eigenvalue weighted by Crippen LogP contribution is -2.43. The molecule has 0 aliphatic carbocycles. The SMILES string of the molecule is CCCNC(=O)[C@@H]1CCCN(c2nc3ncn(CC(=O)NCc4ccco4)c(=O)c3s2)C1. The molecule has 3 aromatic heterocycles. The fourth-order valence-corrected chi connectivity index (χ4v) is 4.65. The van der Waals surface area contributed by atoms with E-state index in [-0.39, 0.29) is 36.4 Å². The van der Waals surface area contributed by atoms with Crippen molar-refractivity contribution >= 4 is 38.6 Å². The highest BCUT2D eigenvalue weighted by molar-refractivity contribution is 7.22. The molecule has 10 nitrogen and oxygen atoms in total. The van der Waals surface area contributed by atoms with Crippen LogP contribution in [0, 0.1) is 5.92 Å². The van der Waals surface area contributed by atoms with Crippen LogP contribution >= 0.6 is 11.3 Å². The molecule has 1 atom stereocenters. The third-order valence-electron chi connectivity index (χ3n) is 5.34. The van der Waals surface area contributed by atoms with Gasteiger partial charge in [0.15, 0.2) is 10.8 Å². The van der Waals surface area contributed by atoms with Gasteiger partial charge in [-0.05, 0) is 31.4 Å². The second-order valence-corrected chi connectivity index (χ2v) is 8.74. The fraction of sp³-hybridized carbons (Fsp3) is 0.476. The van der Waals surface area contributed by atoms with Crippen molar-refractivity contribution in [1.29, 1.82) is 0 Å². The highest BCUT2D eigenvalue weighted by Gasteiger charge is 2.27. The van der Waals surface area contributed by atoms with Gasteiger partial charge in [0, 0.05) is 19.6 Å². The zero-order chi connectivity index (χ0) is 22.5. The number of thiazole rings is 1. The van der Waals surface area contributed by atoms with Crippen LogP contribution in [0.2, 0.25) is 0 Å². The van der Waals surface area contributed by atoms with Crippen LogP contribution in [0.5, 0.6) is 0 Å². The van der Waals surface area contributed by atoms with Crippen molar-refractivity contribution in [1.82, 2.24) is 25.2 Å². The fourth-order valence-electron chi connectivity index (χ4n) is 3.65. The summed E-state index contributed by atoms with van der Waals surface area (Å²) in [4.78, 5) is 48.3. The van der Waals surface area contributed by atoms with Gasteiger partial charge in [0.05, 0.1) is 18.7 Å². The largest absolute Gasteiger partial charge is 0.467 e. The van der Waals surface area contributed by atoms with Gasteiger partial charge < -0.3 is 20.0 Å². The summed E-state index contributed by atoms with van der Waals surface area (Å²) in [6.07, 6.45) is 5.51. The topological polar surface area (TPSA) is 122 Å². The van der Waals surface area contributed by atoms with Crippen LogP contribution < -0.4 is 21.1 Å². The van der Waals surface area contributed by atoms with Gasteiger partial charge in [0.25, 0.3) is 5.56 Å². The summed E-state index contributed by atoms with van der Waals surface area (Å²) in [6, 6.07) is 3.50. The van der Waals surface area contributed by atoms with Crippen LogP contribution in [0.1, 0.15) is 31.9 Å². The zero-order valence-corrected chi connectivity index (χ0v) is 18.7. The van der Waals surface area contributed by atoms with Crippen molar-refractivity contribution in [3.63, 3.8) is 0 Å². The second kappa shape index (κ2) is 9.94. The van der Waals surface area contributed by atoms with Gasteiger partial charge in [-0.3, -0.25) is 19.0 Å². The number of furan rings is 1. The van der Waals surface area contributed by atoms with Crippen molar-refractivity contribution in [2.75, 3.05) is 24.5 Å². The third kappa shape index (κ3) is 4.98. The number of piperidine rings is 1. The summed E-state index contributed by atoms with van der Waals surface area (Å²) in [5.41, 5.74) is 0.0564. The number of amides is 2. The molecule has 1 aliphatic rings. The van der Waals surface area contributed by atoms with E-state index in [9.17, 15) is 14.4 Å². The number of hydrogen-bond donors (Lipinski definition) is 2. The quantitative estimate of drug-likeness (QED) is 0.524. The van der Waals surface area contributed by atoms with E-state index in [1.165, 1.54) is 28.5 Å². The normalized spacial score (nSPS) is 16.3. The molecule has 4 rings (SSSR count). The molecule has 0 spiro atoms. The van der Waals surface area contributed by atoms with Gasteiger partial charge in [-0.25, -0.2) is 4.98 Å². The molecule has 0 saturated carbocycles. The summed E-state index contributed by atoms with van der Waals surface area (Å²) in [5, 5.41) is 6.36. The lowest BCUT2D eigenvalue weighted by molar-refractivity contribution is -0.125. The lowest BCUT2D eigenvalue weighted by Gasteiger charge is -2.31. The van der Waals surface area contributed by atoms with E-state index in [0.29, 0.717) is 34.3 Å². The smallest absolute Gasteiger partial charge is 0.273 e.